The summed E-state index contributed by atoms with van der Waals surface area (Å²) in [5.74, 6) is 5.37. The van der Waals surface area contributed by atoms with Crippen LogP contribution in [0.2, 0.25) is 0 Å². The Morgan fingerprint density at radius 2 is 1.81 bits per heavy atom. The predicted molar refractivity (Wildman–Crippen MR) is 121 cm³/mol. The van der Waals surface area contributed by atoms with E-state index in [0.29, 0.717) is 18.7 Å². The van der Waals surface area contributed by atoms with Crippen LogP contribution in [-0.2, 0) is 0 Å². The molecule has 2 aliphatic rings. The lowest BCUT2D eigenvalue weighted by Crippen LogP contribution is -2.67. The number of benzene rings is 2. The van der Waals surface area contributed by atoms with Crippen LogP contribution < -0.4 is 0 Å². The maximum atomic E-state index is 13.3. The third kappa shape index (κ3) is 4.71. The average molecular weight is 437 g/mol. The van der Waals surface area contributed by atoms with E-state index < -0.39 is 6.10 Å². The topological polar surface area (TPSA) is 64.0 Å². The molecule has 32 heavy (non-hydrogen) atoms. The van der Waals surface area contributed by atoms with Crippen molar-refractivity contribution in [3.63, 3.8) is 0 Å². The van der Waals surface area contributed by atoms with E-state index in [2.05, 4.69) is 16.7 Å². The van der Waals surface area contributed by atoms with E-state index in [1.165, 1.54) is 24.3 Å². The fourth-order valence-electron chi connectivity index (χ4n) is 4.88. The predicted octanol–water partition coefficient (Wildman–Crippen LogP) is 2.62. The number of carbonyl (C=O) groups excluding carboxylic acids is 1. The van der Waals surface area contributed by atoms with Crippen molar-refractivity contribution in [1.29, 1.82) is 0 Å². The van der Waals surface area contributed by atoms with E-state index in [1.54, 1.807) is 6.92 Å². The molecule has 4 rings (SSSR count). The summed E-state index contributed by atoms with van der Waals surface area (Å²) in [5, 5.41) is 19.4. The molecule has 0 radical (unpaired) electrons. The van der Waals surface area contributed by atoms with Gasteiger partial charge in [0.05, 0.1) is 6.61 Å². The van der Waals surface area contributed by atoms with Crippen LogP contribution in [0.15, 0.2) is 48.5 Å². The van der Waals surface area contributed by atoms with Crippen molar-refractivity contribution in [3.8, 4) is 11.8 Å². The van der Waals surface area contributed by atoms with Gasteiger partial charge in [-0.05, 0) is 68.3 Å². The van der Waals surface area contributed by atoms with Crippen molar-refractivity contribution in [2.75, 3.05) is 26.2 Å². The molecular weight excluding hydrogens is 407 g/mol. The molecule has 2 saturated heterocycles. The lowest BCUT2D eigenvalue weighted by atomic mass is 9.74. The Hall–Kier alpha value is -2.72. The smallest absolute Gasteiger partial charge is 0.253 e. The van der Waals surface area contributed by atoms with Crippen LogP contribution in [0, 0.1) is 17.7 Å². The van der Waals surface area contributed by atoms with Crippen LogP contribution in [0.4, 0.5) is 4.39 Å². The highest BCUT2D eigenvalue weighted by molar-refractivity contribution is 5.94. The van der Waals surface area contributed by atoms with Crippen molar-refractivity contribution >= 4 is 5.91 Å². The first kappa shape index (κ1) is 22.5. The highest BCUT2D eigenvalue weighted by Gasteiger charge is 2.49. The van der Waals surface area contributed by atoms with Gasteiger partial charge in [0.25, 0.3) is 5.91 Å². The summed E-state index contributed by atoms with van der Waals surface area (Å²) in [6.45, 7) is 3.84. The molecule has 4 atom stereocenters. The van der Waals surface area contributed by atoms with Gasteiger partial charge in [0, 0.05) is 42.2 Å². The molecule has 2 aromatic carbocycles. The molecule has 2 aliphatic heterocycles. The van der Waals surface area contributed by atoms with Crippen molar-refractivity contribution in [3.05, 3.63) is 71.0 Å². The van der Waals surface area contributed by atoms with Gasteiger partial charge in [-0.25, -0.2) is 4.39 Å². The van der Waals surface area contributed by atoms with E-state index in [-0.39, 0.29) is 36.3 Å². The van der Waals surface area contributed by atoms with Crippen molar-refractivity contribution < 1.29 is 19.4 Å². The van der Waals surface area contributed by atoms with Gasteiger partial charge in [-0.3, -0.25) is 9.69 Å². The summed E-state index contributed by atoms with van der Waals surface area (Å²) >= 11 is 0. The highest BCUT2D eigenvalue weighted by Crippen LogP contribution is 2.42. The minimum absolute atomic E-state index is 0.0234. The van der Waals surface area contributed by atoms with Crippen LogP contribution in [0.3, 0.4) is 0 Å². The molecule has 2 heterocycles. The number of hydrogen-bond acceptors (Lipinski definition) is 4. The van der Waals surface area contributed by atoms with Gasteiger partial charge in [0.15, 0.2) is 0 Å². The summed E-state index contributed by atoms with van der Waals surface area (Å²) in [7, 11) is 0. The standard InChI is InChI=1S/C26H29FN2O3/c1-18(31)4-5-19-6-8-20(9-7-19)25-23-16-28(14-2-3-15-29(23)24(25)17-30)26(32)21-10-12-22(27)13-11-21/h6-13,18,23-25,30-31H,2-3,14-17H2,1H3/t18-,23-,24+,25+/m0/s1. The molecule has 1 amide bonds. The fourth-order valence-corrected chi connectivity index (χ4v) is 4.88. The van der Waals surface area contributed by atoms with E-state index in [1.807, 2.05) is 29.2 Å². The van der Waals surface area contributed by atoms with Crippen LogP contribution in [0.5, 0.6) is 0 Å². The van der Waals surface area contributed by atoms with E-state index in [0.717, 1.165) is 30.5 Å². The number of rotatable bonds is 3. The van der Waals surface area contributed by atoms with E-state index in [4.69, 9.17) is 0 Å². The largest absolute Gasteiger partial charge is 0.395 e. The SMILES string of the molecule is C[C@H](O)C#Cc1ccc([C@H]2[C@@H](CO)N3CCCCN(C(=O)c4ccc(F)cc4)C[C@@H]23)cc1. The Balaban J connectivity index is 1.55. The molecule has 2 aromatic rings. The fraction of sp³-hybridized carbons (Fsp3) is 0.423. The molecule has 6 heteroatoms. The van der Waals surface area contributed by atoms with Gasteiger partial charge in [-0.1, -0.05) is 24.0 Å². The zero-order chi connectivity index (χ0) is 22.7. The summed E-state index contributed by atoms with van der Waals surface area (Å²) in [5.41, 5.74) is 2.44. The zero-order valence-electron chi connectivity index (χ0n) is 18.2. The lowest BCUT2D eigenvalue weighted by Gasteiger charge is -2.57. The third-order valence-corrected chi connectivity index (χ3v) is 6.47. The van der Waals surface area contributed by atoms with Gasteiger partial charge in [0.2, 0.25) is 0 Å². The molecular formula is C26H29FN2O3. The van der Waals surface area contributed by atoms with Gasteiger partial charge in [-0.2, -0.15) is 0 Å². The van der Waals surface area contributed by atoms with Gasteiger partial charge in [-0.15, -0.1) is 0 Å². The highest BCUT2D eigenvalue weighted by atomic mass is 19.1. The van der Waals surface area contributed by atoms with Gasteiger partial charge in [0.1, 0.15) is 11.9 Å². The third-order valence-electron chi connectivity index (χ3n) is 6.47. The van der Waals surface area contributed by atoms with Crippen molar-refractivity contribution in [2.45, 2.75) is 43.9 Å². The number of aliphatic hydroxyl groups excluding tert-OH is 2. The quantitative estimate of drug-likeness (QED) is 0.727. The monoisotopic (exact) mass is 436 g/mol. The van der Waals surface area contributed by atoms with Crippen LogP contribution in [-0.4, -0.2) is 70.3 Å². The summed E-state index contributed by atoms with van der Waals surface area (Å²) in [6.07, 6.45) is 1.18. The first-order chi connectivity index (χ1) is 15.5. The minimum Gasteiger partial charge on any atom is -0.395 e. The van der Waals surface area contributed by atoms with E-state index in [9.17, 15) is 19.4 Å². The number of carbonyl (C=O) groups is 1. The maximum absolute atomic E-state index is 13.3. The molecule has 5 nitrogen and oxygen atoms in total. The number of nitrogens with zero attached hydrogens (tertiary/aromatic N) is 2. The Morgan fingerprint density at radius 1 is 1.12 bits per heavy atom. The van der Waals surface area contributed by atoms with Gasteiger partial charge < -0.3 is 15.1 Å². The Morgan fingerprint density at radius 3 is 2.47 bits per heavy atom. The van der Waals surface area contributed by atoms with E-state index >= 15 is 0 Å². The second-order valence-corrected chi connectivity index (χ2v) is 8.61. The minimum atomic E-state index is -0.673. The summed E-state index contributed by atoms with van der Waals surface area (Å²) < 4.78 is 13.3. The van der Waals surface area contributed by atoms with Crippen molar-refractivity contribution in [2.24, 2.45) is 0 Å². The molecule has 0 aromatic heterocycles. The van der Waals surface area contributed by atoms with Crippen LogP contribution >= 0.6 is 0 Å². The molecule has 0 aliphatic carbocycles. The van der Waals surface area contributed by atoms with Crippen molar-refractivity contribution in [1.82, 2.24) is 9.80 Å². The summed E-state index contributed by atoms with van der Waals surface area (Å²) in [6, 6.07) is 13.8. The first-order valence-electron chi connectivity index (χ1n) is 11.2. The molecule has 0 saturated carbocycles. The van der Waals surface area contributed by atoms with Gasteiger partial charge >= 0.3 is 0 Å². The Bertz CT molecular complexity index is 994. The van der Waals surface area contributed by atoms with Crippen LogP contribution in [0.1, 0.15) is 47.2 Å². The second-order valence-electron chi connectivity index (χ2n) is 8.61. The van der Waals surface area contributed by atoms with Crippen LogP contribution in [0.25, 0.3) is 0 Å². The second kappa shape index (κ2) is 9.83. The average Bonchev–Trinajstić information content (AvgIpc) is 2.77. The summed E-state index contributed by atoms with van der Waals surface area (Å²) in [4.78, 5) is 17.3. The molecule has 168 valence electrons. The Labute approximate surface area is 188 Å². The number of amides is 1. The number of fused-ring (bicyclic) bond motifs is 1. The lowest BCUT2D eigenvalue weighted by molar-refractivity contribution is -0.0606. The number of hydrogen-bond donors (Lipinski definition) is 2. The molecule has 0 bridgehead atoms. The molecule has 0 unspecified atom stereocenters. The first-order valence-corrected chi connectivity index (χ1v) is 11.2. The zero-order valence-corrected chi connectivity index (χ0v) is 18.2. The number of halogens is 1. The normalized spacial score (nSPS) is 24.2. The molecule has 2 fully saturated rings. The molecule has 2 N–H and O–H groups in total. The molecule has 0 spiro atoms. The Kier molecular flexibility index (Phi) is 6.90. The maximum Gasteiger partial charge on any atom is 0.253 e. The number of aliphatic hydroxyl groups is 2.